The lowest BCUT2D eigenvalue weighted by molar-refractivity contribution is -0.136. The van der Waals surface area contributed by atoms with Crippen molar-refractivity contribution in [2.75, 3.05) is 6.26 Å². The molecule has 7 nitrogen and oxygen atoms in total. The zero-order valence-corrected chi connectivity index (χ0v) is 11.4. The summed E-state index contributed by atoms with van der Waals surface area (Å²) in [5.41, 5.74) is 0.593. The summed E-state index contributed by atoms with van der Waals surface area (Å²) in [5.74, 6) is -1.20. The van der Waals surface area contributed by atoms with Gasteiger partial charge in [-0.3, -0.25) is 19.8 Å². The molecule has 1 N–H and O–H groups in total. The molecule has 1 fully saturated rings. The fourth-order valence-electron chi connectivity index (χ4n) is 1.76. The number of hydrogen-bond acceptors (Lipinski definition) is 5. The van der Waals surface area contributed by atoms with Crippen molar-refractivity contribution in [3.8, 4) is 0 Å². The van der Waals surface area contributed by atoms with Gasteiger partial charge < -0.3 is 0 Å². The summed E-state index contributed by atoms with van der Waals surface area (Å²) in [5, 5.41) is 2.05. The maximum absolute atomic E-state index is 11.6. The molecule has 1 aliphatic rings. The summed E-state index contributed by atoms with van der Waals surface area (Å²) in [6.45, 7) is -0.0119. The standard InChI is InChI=1S/C12H12N2O5S/c1-20(18,19)9-4-2-8(3-5-9)7-14-11(16)6-10(15)13-12(14)17/h2-5H,6-7H2,1H3,(H,13,15,17). The number of imide groups is 2. The van der Waals surface area contributed by atoms with Gasteiger partial charge in [0.15, 0.2) is 9.84 Å². The Labute approximate surface area is 115 Å². The van der Waals surface area contributed by atoms with Crippen molar-refractivity contribution in [1.29, 1.82) is 0 Å². The van der Waals surface area contributed by atoms with Gasteiger partial charge in [-0.2, -0.15) is 0 Å². The van der Waals surface area contributed by atoms with Gasteiger partial charge in [0.2, 0.25) is 11.8 Å². The highest BCUT2D eigenvalue weighted by molar-refractivity contribution is 7.90. The smallest absolute Gasteiger partial charge is 0.277 e. The number of sulfone groups is 1. The molecule has 8 heteroatoms. The molecule has 0 radical (unpaired) electrons. The molecule has 1 aromatic rings. The summed E-state index contributed by atoms with van der Waals surface area (Å²) >= 11 is 0. The van der Waals surface area contributed by atoms with E-state index in [9.17, 15) is 22.8 Å². The number of rotatable bonds is 3. The molecule has 2 rings (SSSR count). The predicted molar refractivity (Wildman–Crippen MR) is 68.3 cm³/mol. The molecule has 0 spiro atoms. The van der Waals surface area contributed by atoms with E-state index in [2.05, 4.69) is 0 Å². The van der Waals surface area contributed by atoms with Crippen molar-refractivity contribution in [3.63, 3.8) is 0 Å². The molecule has 0 atom stereocenters. The van der Waals surface area contributed by atoms with Crippen LogP contribution in [0.4, 0.5) is 4.79 Å². The van der Waals surface area contributed by atoms with E-state index in [-0.39, 0.29) is 17.9 Å². The molecule has 0 unspecified atom stereocenters. The Morgan fingerprint density at radius 1 is 1.15 bits per heavy atom. The molecule has 1 heterocycles. The first-order valence-electron chi connectivity index (χ1n) is 5.70. The molecule has 106 valence electrons. The van der Waals surface area contributed by atoms with E-state index in [1.54, 1.807) is 0 Å². The number of benzene rings is 1. The van der Waals surface area contributed by atoms with E-state index in [0.717, 1.165) is 11.2 Å². The Hall–Kier alpha value is -2.22. The molecule has 0 aromatic heterocycles. The topological polar surface area (TPSA) is 101 Å². The van der Waals surface area contributed by atoms with Crippen LogP contribution in [0.2, 0.25) is 0 Å². The van der Waals surface area contributed by atoms with Gasteiger partial charge in [0.1, 0.15) is 6.42 Å². The summed E-state index contributed by atoms with van der Waals surface area (Å²) in [6.07, 6.45) is 0.725. The van der Waals surface area contributed by atoms with Crippen molar-refractivity contribution >= 4 is 27.7 Å². The number of urea groups is 1. The van der Waals surface area contributed by atoms with Gasteiger partial charge in [-0.1, -0.05) is 12.1 Å². The van der Waals surface area contributed by atoms with E-state index in [0.29, 0.717) is 5.56 Å². The molecule has 0 saturated carbocycles. The van der Waals surface area contributed by atoms with Crippen LogP contribution in [0.3, 0.4) is 0 Å². The van der Waals surface area contributed by atoms with Gasteiger partial charge in [-0.05, 0) is 17.7 Å². The zero-order valence-electron chi connectivity index (χ0n) is 10.6. The zero-order chi connectivity index (χ0) is 14.9. The van der Waals surface area contributed by atoms with E-state index in [1.807, 2.05) is 5.32 Å². The van der Waals surface area contributed by atoms with Crippen LogP contribution in [0, 0.1) is 0 Å². The normalized spacial score (nSPS) is 16.2. The van der Waals surface area contributed by atoms with Crippen molar-refractivity contribution in [2.24, 2.45) is 0 Å². The molecular formula is C12H12N2O5S. The van der Waals surface area contributed by atoms with Gasteiger partial charge in [-0.15, -0.1) is 0 Å². The van der Waals surface area contributed by atoms with E-state index in [4.69, 9.17) is 0 Å². The minimum Gasteiger partial charge on any atom is -0.277 e. The average Bonchev–Trinajstić information content (AvgIpc) is 2.33. The number of amides is 4. The Morgan fingerprint density at radius 2 is 1.75 bits per heavy atom. The maximum Gasteiger partial charge on any atom is 0.331 e. The lowest BCUT2D eigenvalue weighted by atomic mass is 10.2. The van der Waals surface area contributed by atoms with E-state index < -0.39 is 27.7 Å². The number of hydrogen-bond donors (Lipinski definition) is 1. The summed E-state index contributed by atoms with van der Waals surface area (Å²) in [4.78, 5) is 35.2. The quantitative estimate of drug-likeness (QED) is 0.795. The molecular weight excluding hydrogens is 284 g/mol. The Bertz CT molecular complexity index is 658. The fraction of sp³-hybridized carbons (Fsp3) is 0.250. The highest BCUT2D eigenvalue weighted by Crippen LogP contribution is 2.14. The average molecular weight is 296 g/mol. The molecule has 1 saturated heterocycles. The second-order valence-electron chi connectivity index (χ2n) is 4.43. The first kappa shape index (κ1) is 14.2. The number of barbiturate groups is 1. The summed E-state index contributed by atoms with van der Waals surface area (Å²) < 4.78 is 22.6. The first-order chi connectivity index (χ1) is 9.27. The van der Waals surface area contributed by atoms with Crippen LogP contribution in [0.1, 0.15) is 12.0 Å². The van der Waals surface area contributed by atoms with E-state index >= 15 is 0 Å². The number of carbonyl (C=O) groups is 3. The third-order valence-electron chi connectivity index (χ3n) is 2.80. The van der Waals surface area contributed by atoms with Gasteiger partial charge in [-0.25, -0.2) is 13.2 Å². The minimum atomic E-state index is -3.29. The van der Waals surface area contributed by atoms with Gasteiger partial charge in [0.25, 0.3) is 0 Å². The van der Waals surface area contributed by atoms with Gasteiger partial charge in [0.05, 0.1) is 11.4 Å². The summed E-state index contributed by atoms with van der Waals surface area (Å²) in [6, 6.07) is 5.09. The largest absolute Gasteiger partial charge is 0.331 e. The van der Waals surface area contributed by atoms with Crippen LogP contribution in [0.25, 0.3) is 0 Å². The maximum atomic E-state index is 11.6. The van der Waals surface area contributed by atoms with Gasteiger partial charge in [0, 0.05) is 6.26 Å². The third kappa shape index (κ3) is 3.02. The Kier molecular flexibility index (Phi) is 3.58. The lowest BCUT2D eigenvalue weighted by Crippen LogP contribution is -2.52. The van der Waals surface area contributed by atoms with Crippen LogP contribution in [-0.4, -0.2) is 37.4 Å². The van der Waals surface area contributed by atoms with Crippen molar-refractivity contribution < 1.29 is 22.8 Å². The third-order valence-corrected chi connectivity index (χ3v) is 3.93. The number of nitrogens with one attached hydrogen (secondary N) is 1. The first-order valence-corrected chi connectivity index (χ1v) is 7.59. The molecule has 1 aromatic carbocycles. The molecule has 0 aliphatic carbocycles. The molecule has 4 amide bonds. The van der Waals surface area contributed by atoms with Gasteiger partial charge >= 0.3 is 6.03 Å². The van der Waals surface area contributed by atoms with Crippen LogP contribution in [0.5, 0.6) is 0 Å². The van der Waals surface area contributed by atoms with Crippen LogP contribution >= 0.6 is 0 Å². The van der Waals surface area contributed by atoms with Crippen LogP contribution < -0.4 is 5.32 Å². The van der Waals surface area contributed by atoms with Crippen molar-refractivity contribution in [1.82, 2.24) is 10.2 Å². The monoisotopic (exact) mass is 296 g/mol. The minimum absolute atomic E-state index is 0.0119. The second-order valence-corrected chi connectivity index (χ2v) is 6.44. The molecule has 0 bridgehead atoms. The second kappa shape index (κ2) is 5.04. The predicted octanol–water partition coefficient (Wildman–Crippen LogP) is 0.0586. The highest BCUT2D eigenvalue weighted by atomic mass is 32.2. The molecule has 20 heavy (non-hydrogen) atoms. The fourth-order valence-corrected chi connectivity index (χ4v) is 2.39. The van der Waals surface area contributed by atoms with Crippen molar-refractivity contribution in [2.45, 2.75) is 17.9 Å². The number of nitrogens with zero attached hydrogens (tertiary/aromatic N) is 1. The summed E-state index contributed by atoms with van der Waals surface area (Å²) in [7, 11) is -3.29. The SMILES string of the molecule is CS(=O)(=O)c1ccc(CN2C(=O)CC(=O)NC2=O)cc1. The number of carbonyl (C=O) groups excluding carboxylic acids is 3. The Morgan fingerprint density at radius 3 is 2.25 bits per heavy atom. The van der Waals surface area contributed by atoms with Crippen LogP contribution in [0.15, 0.2) is 29.2 Å². The highest BCUT2D eigenvalue weighted by Gasteiger charge is 2.30. The van der Waals surface area contributed by atoms with Crippen molar-refractivity contribution in [3.05, 3.63) is 29.8 Å². The Balaban J connectivity index is 2.16. The lowest BCUT2D eigenvalue weighted by Gasteiger charge is -2.24. The van der Waals surface area contributed by atoms with Crippen LogP contribution in [-0.2, 0) is 26.0 Å². The van der Waals surface area contributed by atoms with E-state index in [1.165, 1.54) is 24.3 Å². The molecule has 1 aliphatic heterocycles.